The van der Waals surface area contributed by atoms with Crippen molar-refractivity contribution < 1.29 is 0 Å². The number of hydrogen-bond donors (Lipinski definition) is 4. The molecule has 180 valence electrons. The van der Waals surface area contributed by atoms with Gasteiger partial charge in [-0.15, -0.1) is 21.5 Å². The monoisotopic (exact) mass is 508 g/mol. The highest BCUT2D eigenvalue weighted by molar-refractivity contribution is 7.13. The van der Waals surface area contributed by atoms with E-state index < -0.39 is 5.66 Å². The molecule has 7 heterocycles. The highest BCUT2D eigenvalue weighted by Gasteiger charge is 2.51. The van der Waals surface area contributed by atoms with Gasteiger partial charge in [0.25, 0.3) is 0 Å². The molecule has 0 spiro atoms. The molecule has 1 unspecified atom stereocenters. The number of hydrogen-bond acceptors (Lipinski definition) is 11. The Morgan fingerprint density at radius 3 is 2.57 bits per heavy atom. The maximum absolute atomic E-state index is 5.35. The van der Waals surface area contributed by atoms with Gasteiger partial charge in [-0.2, -0.15) is 20.6 Å². The first kappa shape index (κ1) is 21.0. The van der Waals surface area contributed by atoms with E-state index >= 15 is 0 Å². The van der Waals surface area contributed by atoms with Crippen LogP contribution >= 0.6 is 11.3 Å². The number of pyridine rings is 1. The molecule has 1 aliphatic heterocycles. The normalized spacial score (nSPS) is 17.8. The molecule has 37 heavy (non-hydrogen) atoms. The Hall–Kier alpha value is -5.31. The van der Waals surface area contributed by atoms with Crippen LogP contribution in [0.2, 0.25) is 0 Å². The number of imidazole rings is 1. The molecule has 0 bridgehead atoms. The maximum Gasteiger partial charge on any atom is 0.223 e. The molecule has 0 saturated heterocycles. The van der Waals surface area contributed by atoms with Crippen molar-refractivity contribution >= 4 is 33.5 Å². The highest BCUT2D eigenvalue weighted by atomic mass is 32.1. The van der Waals surface area contributed by atoms with E-state index in [1.165, 1.54) is 11.3 Å². The largest absolute Gasteiger partial charge is 0.361 e. The van der Waals surface area contributed by atoms with E-state index in [0.29, 0.717) is 39.3 Å². The summed E-state index contributed by atoms with van der Waals surface area (Å²) >= 11 is 1.46. The quantitative estimate of drug-likeness (QED) is 0.261. The van der Waals surface area contributed by atoms with Crippen molar-refractivity contribution in [1.29, 1.82) is 0 Å². The van der Waals surface area contributed by atoms with Gasteiger partial charge in [0.2, 0.25) is 11.5 Å². The number of allylic oxidation sites excluding steroid dienone is 1. The zero-order chi connectivity index (χ0) is 24.7. The number of aromatic amines is 4. The van der Waals surface area contributed by atoms with Gasteiger partial charge in [-0.25, -0.2) is 15.0 Å². The minimum absolute atomic E-state index is 0.271. The molecule has 0 saturated carbocycles. The molecule has 0 aromatic carbocycles. The Labute approximate surface area is 211 Å². The van der Waals surface area contributed by atoms with E-state index in [2.05, 4.69) is 51.0 Å². The van der Waals surface area contributed by atoms with Crippen molar-refractivity contribution in [2.75, 3.05) is 4.90 Å². The molecule has 6 aromatic rings. The van der Waals surface area contributed by atoms with Crippen LogP contribution in [-0.2, 0) is 5.66 Å². The second kappa shape index (κ2) is 8.42. The first-order valence-electron chi connectivity index (χ1n) is 11.1. The molecule has 0 fully saturated rings. The van der Waals surface area contributed by atoms with Crippen molar-refractivity contribution in [2.24, 2.45) is 4.99 Å². The van der Waals surface area contributed by atoms with Gasteiger partial charge >= 0.3 is 0 Å². The van der Waals surface area contributed by atoms with Crippen molar-refractivity contribution in [3.05, 3.63) is 102 Å². The van der Waals surface area contributed by atoms with E-state index in [9.17, 15) is 0 Å². The van der Waals surface area contributed by atoms with Gasteiger partial charge < -0.3 is 9.97 Å². The lowest BCUT2D eigenvalue weighted by Crippen LogP contribution is -2.50. The Balaban J connectivity index is 1.68. The summed E-state index contributed by atoms with van der Waals surface area (Å²) in [6, 6.07) is 9.55. The summed E-state index contributed by atoms with van der Waals surface area (Å²) in [5, 5.41) is 28.6. The predicted molar refractivity (Wildman–Crippen MR) is 133 cm³/mol. The number of H-pyrrole nitrogens is 4. The number of thiazole rings is 1. The summed E-state index contributed by atoms with van der Waals surface area (Å²) in [5.74, 6) is 0.823. The van der Waals surface area contributed by atoms with E-state index in [4.69, 9.17) is 15.0 Å². The summed E-state index contributed by atoms with van der Waals surface area (Å²) in [6.45, 7) is 0. The minimum atomic E-state index is -1.26. The summed E-state index contributed by atoms with van der Waals surface area (Å²) in [6.07, 6.45) is 10.3. The van der Waals surface area contributed by atoms with Gasteiger partial charge in [-0.3, -0.25) is 9.88 Å². The van der Waals surface area contributed by atoms with E-state index in [1.54, 1.807) is 31.0 Å². The number of nitrogens with zero attached hydrogens (tertiary/aromatic N) is 10. The number of aliphatic imine (C=N–C) groups is 1. The van der Waals surface area contributed by atoms with Crippen LogP contribution in [0.1, 0.15) is 28.7 Å². The lowest BCUT2D eigenvalue weighted by molar-refractivity contribution is 0.519. The van der Waals surface area contributed by atoms with Crippen molar-refractivity contribution in [3.63, 3.8) is 0 Å². The molecule has 0 aliphatic carbocycles. The molecule has 0 radical (unpaired) electrons. The molecule has 14 nitrogen and oxygen atoms in total. The zero-order valence-corrected chi connectivity index (χ0v) is 19.6. The van der Waals surface area contributed by atoms with Gasteiger partial charge in [-0.1, -0.05) is 6.07 Å². The third-order valence-corrected chi connectivity index (χ3v) is 6.61. The van der Waals surface area contributed by atoms with E-state index in [1.807, 2.05) is 46.8 Å². The van der Waals surface area contributed by atoms with Gasteiger partial charge in [0.15, 0.2) is 11.0 Å². The predicted octanol–water partition coefficient (Wildman–Crippen LogP) is 2.00. The number of anilines is 1. The third kappa shape index (κ3) is 3.21. The van der Waals surface area contributed by atoms with E-state index in [-0.39, 0.29) is 5.82 Å². The molecule has 7 rings (SSSR count). The third-order valence-electron chi connectivity index (χ3n) is 5.85. The van der Waals surface area contributed by atoms with Crippen LogP contribution in [-0.4, -0.2) is 66.7 Å². The van der Waals surface area contributed by atoms with Crippen LogP contribution < -0.4 is 4.90 Å². The lowest BCUT2D eigenvalue weighted by Gasteiger charge is -2.44. The topological polar surface area (TPSA) is 182 Å². The Bertz CT molecular complexity index is 1650. The van der Waals surface area contributed by atoms with Gasteiger partial charge in [0.05, 0.1) is 23.2 Å². The number of rotatable bonds is 6. The van der Waals surface area contributed by atoms with Gasteiger partial charge in [0.1, 0.15) is 17.1 Å². The van der Waals surface area contributed by atoms with Crippen LogP contribution in [0.5, 0.6) is 0 Å². The molecular weight excluding hydrogens is 492 g/mol. The fourth-order valence-corrected chi connectivity index (χ4v) is 5.12. The summed E-state index contributed by atoms with van der Waals surface area (Å²) < 4.78 is 0. The van der Waals surface area contributed by atoms with Crippen LogP contribution in [0.25, 0.3) is 11.3 Å². The maximum atomic E-state index is 5.35. The minimum Gasteiger partial charge on any atom is -0.361 e. The molecule has 1 aliphatic rings. The van der Waals surface area contributed by atoms with Gasteiger partial charge in [-0.05, 0) is 29.5 Å². The average Bonchev–Trinajstić information content (AvgIpc) is 3.79. The fraction of sp³-hybridized carbons (Fsp3) is 0.0455. The number of aromatic nitrogens is 12. The van der Waals surface area contributed by atoms with Gasteiger partial charge in [0, 0.05) is 36.4 Å². The average molecular weight is 509 g/mol. The summed E-state index contributed by atoms with van der Waals surface area (Å²) in [5.41, 5.74) is 2.26. The fourth-order valence-electron chi connectivity index (χ4n) is 4.43. The first-order chi connectivity index (χ1) is 18.4. The van der Waals surface area contributed by atoms with Crippen LogP contribution in [0.15, 0.2) is 77.9 Å². The Morgan fingerprint density at radius 1 is 0.892 bits per heavy atom. The second-order valence-electron chi connectivity index (χ2n) is 7.83. The molecule has 0 amide bonds. The number of nitrogens with one attached hydrogen (secondary N) is 4. The first-order valence-corrected chi connectivity index (χ1v) is 11.9. The molecule has 4 N–H and O–H groups in total. The molecule has 1 atom stereocenters. The van der Waals surface area contributed by atoms with Crippen molar-refractivity contribution in [1.82, 2.24) is 61.0 Å². The van der Waals surface area contributed by atoms with Crippen LogP contribution in [0, 0.1) is 0 Å². The smallest absolute Gasteiger partial charge is 0.223 e. The Morgan fingerprint density at radius 2 is 1.89 bits per heavy atom. The second-order valence-corrected chi connectivity index (χ2v) is 8.71. The van der Waals surface area contributed by atoms with Crippen LogP contribution in [0.4, 0.5) is 5.13 Å². The van der Waals surface area contributed by atoms with Crippen molar-refractivity contribution in [2.45, 2.75) is 5.66 Å². The standard InChI is InChI=1S/C22H16N14S/c1-2-6-23-14(4-1)22(15-5-3-7-24-15)29-17(19-31-34-35-32-19)16(13-12-28-33-30-13)18(20-25-8-9-26-20)36(22)21-27-10-11-37-21/h1-12,24H,(H,25,26)(H,28,30,33)(H,31,32,34,35). The highest BCUT2D eigenvalue weighted by Crippen LogP contribution is 2.50. The zero-order valence-electron chi connectivity index (χ0n) is 18.8. The lowest BCUT2D eigenvalue weighted by atomic mass is 9.91. The number of tetrazole rings is 1. The van der Waals surface area contributed by atoms with E-state index in [0.717, 1.165) is 5.69 Å². The Kier molecular flexibility index (Phi) is 4.78. The summed E-state index contributed by atoms with van der Waals surface area (Å²) in [7, 11) is 0. The summed E-state index contributed by atoms with van der Waals surface area (Å²) in [4.78, 5) is 28.1. The molecular formula is C22H16N14S. The molecule has 6 aromatic heterocycles. The SMILES string of the molecule is c1ccc(C2(c3ccc[nH]3)N=C(c3nn[nH]n3)C(c3cn[nH]n3)=C(c3ncc[nH]3)N2c2nccs2)nc1. The van der Waals surface area contributed by atoms with Crippen molar-refractivity contribution in [3.8, 4) is 0 Å². The van der Waals surface area contributed by atoms with Crippen LogP contribution in [0.3, 0.4) is 0 Å². The molecule has 15 heteroatoms.